The predicted molar refractivity (Wildman–Crippen MR) is 103 cm³/mol. The Morgan fingerprint density at radius 2 is 1.76 bits per heavy atom. The van der Waals surface area contributed by atoms with Crippen LogP contribution in [-0.4, -0.2) is 55.9 Å². The lowest BCUT2D eigenvalue weighted by Gasteiger charge is -2.11. The number of carbonyl (C=O) groups is 2. The van der Waals surface area contributed by atoms with Crippen LogP contribution in [0, 0.1) is 10.1 Å². The molecule has 12 heteroatoms. The van der Waals surface area contributed by atoms with Crippen LogP contribution in [0.2, 0.25) is 0 Å². The van der Waals surface area contributed by atoms with Crippen LogP contribution in [0.3, 0.4) is 0 Å². The van der Waals surface area contributed by atoms with Gasteiger partial charge < -0.3 is 24.8 Å². The highest BCUT2D eigenvalue weighted by molar-refractivity contribution is 5.75. The van der Waals surface area contributed by atoms with Crippen molar-refractivity contribution in [2.24, 2.45) is 5.10 Å². The smallest absolute Gasteiger partial charge is 0.407 e. The van der Waals surface area contributed by atoms with Crippen molar-refractivity contribution >= 4 is 24.0 Å². The number of nitrogens with one attached hydrogen (secondary N) is 3. The number of nitro groups is 1. The summed E-state index contributed by atoms with van der Waals surface area (Å²) in [6.45, 7) is 4.75. The molecule has 1 aromatic carbocycles. The molecule has 0 saturated heterocycles. The summed E-state index contributed by atoms with van der Waals surface area (Å²) < 4.78 is 15.4. The Kier molecular flexibility index (Phi) is 11.4. The van der Waals surface area contributed by atoms with Gasteiger partial charge in [-0.25, -0.2) is 15.0 Å². The molecule has 0 atom stereocenters. The maximum absolute atomic E-state index is 11.6. The van der Waals surface area contributed by atoms with E-state index in [2.05, 4.69) is 21.2 Å². The Morgan fingerprint density at radius 1 is 1.14 bits per heavy atom. The number of alkyl carbamates (subject to hydrolysis) is 1. The number of nitro benzene ring substituents is 1. The van der Waals surface area contributed by atoms with Crippen LogP contribution < -0.4 is 16.1 Å². The van der Waals surface area contributed by atoms with E-state index in [-0.39, 0.29) is 25.4 Å². The minimum absolute atomic E-state index is 0.0344. The SMILES string of the molecule is CCOC(C=NNC(=O)NCCNC(=O)OCc1ccc([N+](=O)[O-])cc1)OCC. The number of ether oxygens (including phenoxy) is 3. The van der Waals surface area contributed by atoms with Gasteiger partial charge in [0.1, 0.15) is 6.61 Å². The molecule has 0 aliphatic heterocycles. The fourth-order valence-corrected chi connectivity index (χ4v) is 1.91. The largest absolute Gasteiger partial charge is 0.445 e. The highest BCUT2D eigenvalue weighted by Crippen LogP contribution is 2.12. The van der Waals surface area contributed by atoms with Crippen LogP contribution >= 0.6 is 0 Å². The first kappa shape index (κ1) is 23.8. The molecule has 0 saturated carbocycles. The van der Waals surface area contributed by atoms with Gasteiger partial charge in [0.2, 0.25) is 0 Å². The molecular formula is C17H25N5O7. The van der Waals surface area contributed by atoms with Gasteiger partial charge in [-0.15, -0.1) is 0 Å². The second-order valence-electron chi connectivity index (χ2n) is 5.35. The second-order valence-corrected chi connectivity index (χ2v) is 5.35. The molecule has 29 heavy (non-hydrogen) atoms. The summed E-state index contributed by atoms with van der Waals surface area (Å²) in [5.74, 6) is 0. The van der Waals surface area contributed by atoms with E-state index >= 15 is 0 Å². The Morgan fingerprint density at radius 3 is 2.34 bits per heavy atom. The normalized spacial score (nSPS) is 10.7. The fraction of sp³-hybridized carbons (Fsp3) is 0.471. The van der Waals surface area contributed by atoms with Crippen molar-refractivity contribution in [2.45, 2.75) is 26.7 Å². The van der Waals surface area contributed by atoms with Crippen LogP contribution in [0.25, 0.3) is 0 Å². The van der Waals surface area contributed by atoms with Crippen LogP contribution in [0.4, 0.5) is 15.3 Å². The molecule has 1 aromatic rings. The zero-order valence-electron chi connectivity index (χ0n) is 16.3. The molecule has 160 valence electrons. The summed E-state index contributed by atoms with van der Waals surface area (Å²) in [5.41, 5.74) is 2.81. The van der Waals surface area contributed by atoms with E-state index in [0.717, 1.165) is 0 Å². The second kappa shape index (κ2) is 13.8. The Bertz CT molecular complexity index is 675. The standard InChI is InChI=1S/C17H25N5O7/c1-3-27-15(28-4-2)11-20-21-16(23)18-9-10-19-17(24)29-12-13-5-7-14(8-6-13)22(25)26/h5-8,11,15H,3-4,9-10,12H2,1-2H3,(H,19,24)(H2,18,21,23). The molecule has 0 fully saturated rings. The lowest BCUT2D eigenvalue weighted by Crippen LogP contribution is -2.39. The Labute approximate surface area is 167 Å². The van der Waals surface area contributed by atoms with Gasteiger partial charge in [0.15, 0.2) is 6.29 Å². The minimum Gasteiger partial charge on any atom is -0.445 e. The van der Waals surface area contributed by atoms with Crippen LogP contribution in [0.15, 0.2) is 29.4 Å². The minimum atomic E-state index is -0.681. The molecule has 0 bridgehead atoms. The number of urea groups is 1. The Balaban J connectivity index is 2.17. The summed E-state index contributed by atoms with van der Waals surface area (Å²) in [6, 6.07) is 5.09. The zero-order valence-corrected chi connectivity index (χ0v) is 16.3. The van der Waals surface area contributed by atoms with E-state index in [4.69, 9.17) is 14.2 Å². The third-order valence-corrected chi connectivity index (χ3v) is 3.22. The van der Waals surface area contributed by atoms with Gasteiger partial charge in [0.25, 0.3) is 5.69 Å². The summed E-state index contributed by atoms with van der Waals surface area (Å²) in [6.07, 6.45) is -0.00207. The third-order valence-electron chi connectivity index (χ3n) is 3.22. The molecule has 0 aromatic heterocycles. The number of hydrogen-bond acceptors (Lipinski definition) is 8. The van der Waals surface area contributed by atoms with Gasteiger partial charge in [-0.2, -0.15) is 5.10 Å². The van der Waals surface area contributed by atoms with Gasteiger partial charge in [0, 0.05) is 38.4 Å². The van der Waals surface area contributed by atoms with E-state index in [1.54, 1.807) is 0 Å². The van der Waals surface area contributed by atoms with E-state index in [9.17, 15) is 19.7 Å². The monoisotopic (exact) mass is 411 g/mol. The molecule has 0 heterocycles. The van der Waals surface area contributed by atoms with Crippen LogP contribution in [-0.2, 0) is 20.8 Å². The number of amides is 3. The fourth-order valence-electron chi connectivity index (χ4n) is 1.91. The molecule has 0 radical (unpaired) electrons. The average Bonchev–Trinajstić information content (AvgIpc) is 2.70. The molecule has 0 unspecified atom stereocenters. The first-order chi connectivity index (χ1) is 14.0. The van der Waals surface area contributed by atoms with E-state index in [1.165, 1.54) is 30.5 Å². The first-order valence-electron chi connectivity index (χ1n) is 8.90. The third kappa shape index (κ3) is 10.6. The van der Waals surface area contributed by atoms with Gasteiger partial charge >= 0.3 is 12.1 Å². The first-order valence-corrected chi connectivity index (χ1v) is 8.90. The maximum Gasteiger partial charge on any atom is 0.407 e. The quantitative estimate of drug-likeness (QED) is 0.155. The van der Waals surface area contributed by atoms with Gasteiger partial charge in [0.05, 0.1) is 11.1 Å². The number of benzene rings is 1. The average molecular weight is 411 g/mol. The van der Waals surface area contributed by atoms with Crippen LogP contribution in [0.1, 0.15) is 19.4 Å². The molecule has 0 aliphatic rings. The lowest BCUT2D eigenvalue weighted by atomic mass is 10.2. The van der Waals surface area contributed by atoms with Crippen molar-refractivity contribution in [1.82, 2.24) is 16.1 Å². The molecule has 3 amide bonds. The van der Waals surface area contributed by atoms with Crippen molar-refractivity contribution < 1.29 is 28.7 Å². The van der Waals surface area contributed by atoms with Crippen molar-refractivity contribution in [2.75, 3.05) is 26.3 Å². The number of rotatable bonds is 12. The highest BCUT2D eigenvalue weighted by atomic mass is 16.7. The number of carbonyl (C=O) groups excluding carboxylic acids is 2. The molecule has 1 rings (SSSR count). The lowest BCUT2D eigenvalue weighted by molar-refractivity contribution is -0.384. The number of non-ortho nitro benzene ring substituents is 1. The highest BCUT2D eigenvalue weighted by Gasteiger charge is 2.07. The topological polar surface area (TPSA) is 153 Å². The van der Waals surface area contributed by atoms with Crippen LogP contribution in [0.5, 0.6) is 0 Å². The molecule has 3 N–H and O–H groups in total. The molecule has 0 aliphatic carbocycles. The molecule has 12 nitrogen and oxygen atoms in total. The van der Waals surface area contributed by atoms with Crippen molar-refractivity contribution in [3.8, 4) is 0 Å². The Hall–Kier alpha value is -3.25. The zero-order chi connectivity index (χ0) is 21.5. The summed E-state index contributed by atoms with van der Waals surface area (Å²) in [5, 5.41) is 19.2. The van der Waals surface area contributed by atoms with Gasteiger partial charge in [-0.05, 0) is 31.5 Å². The maximum atomic E-state index is 11.6. The van der Waals surface area contributed by atoms with Crippen molar-refractivity contribution in [1.29, 1.82) is 0 Å². The van der Waals surface area contributed by atoms with E-state index < -0.39 is 23.3 Å². The number of nitrogens with zero attached hydrogens (tertiary/aromatic N) is 2. The molecule has 0 spiro atoms. The summed E-state index contributed by atoms with van der Waals surface area (Å²) in [7, 11) is 0. The predicted octanol–water partition coefficient (Wildman–Crippen LogP) is 1.51. The van der Waals surface area contributed by atoms with Crippen molar-refractivity contribution in [3.63, 3.8) is 0 Å². The van der Waals surface area contributed by atoms with E-state index in [1.807, 2.05) is 13.8 Å². The van der Waals surface area contributed by atoms with E-state index in [0.29, 0.717) is 18.8 Å². The summed E-state index contributed by atoms with van der Waals surface area (Å²) >= 11 is 0. The van der Waals surface area contributed by atoms with Crippen molar-refractivity contribution in [3.05, 3.63) is 39.9 Å². The van der Waals surface area contributed by atoms with Gasteiger partial charge in [-0.1, -0.05) is 0 Å². The number of hydrogen-bond donors (Lipinski definition) is 3. The summed E-state index contributed by atoms with van der Waals surface area (Å²) in [4.78, 5) is 33.2. The number of hydrazone groups is 1. The van der Waals surface area contributed by atoms with Gasteiger partial charge in [-0.3, -0.25) is 10.1 Å². The molecular weight excluding hydrogens is 386 g/mol.